The van der Waals surface area contributed by atoms with Crippen molar-refractivity contribution < 1.29 is 4.74 Å². The van der Waals surface area contributed by atoms with Crippen LogP contribution in [-0.2, 0) is 4.74 Å². The molecule has 2 aliphatic rings. The summed E-state index contributed by atoms with van der Waals surface area (Å²) >= 11 is 0. The molecule has 82 valence electrons. The molecule has 3 atom stereocenters. The molecule has 2 rings (SSSR count). The normalized spacial score (nSPS) is 37.9. The third kappa shape index (κ3) is 2.71. The van der Waals surface area contributed by atoms with Gasteiger partial charge in [-0.05, 0) is 37.5 Å². The van der Waals surface area contributed by atoms with Crippen LogP contribution in [0.25, 0.3) is 0 Å². The lowest BCUT2D eigenvalue weighted by molar-refractivity contribution is 0.184. The Bertz CT molecular complexity index is 166. The van der Waals surface area contributed by atoms with Crippen LogP contribution in [-0.4, -0.2) is 25.8 Å². The summed E-state index contributed by atoms with van der Waals surface area (Å²) in [5.74, 6) is 1.78. The summed E-state index contributed by atoms with van der Waals surface area (Å²) in [7, 11) is 0. The summed E-state index contributed by atoms with van der Waals surface area (Å²) in [4.78, 5) is 0. The summed E-state index contributed by atoms with van der Waals surface area (Å²) in [6.45, 7) is 5.46. The van der Waals surface area contributed by atoms with Gasteiger partial charge in [0.1, 0.15) is 0 Å². The number of ether oxygens (including phenoxy) is 1. The highest BCUT2D eigenvalue weighted by atomic mass is 16.5. The van der Waals surface area contributed by atoms with Gasteiger partial charge in [-0.3, -0.25) is 0 Å². The van der Waals surface area contributed by atoms with Gasteiger partial charge < -0.3 is 10.1 Å². The van der Waals surface area contributed by atoms with Crippen LogP contribution in [0.15, 0.2) is 0 Å². The Morgan fingerprint density at radius 1 is 1.21 bits per heavy atom. The minimum absolute atomic E-state index is 0.788. The molecule has 1 saturated carbocycles. The Morgan fingerprint density at radius 2 is 2.14 bits per heavy atom. The molecule has 0 bridgehead atoms. The zero-order valence-corrected chi connectivity index (χ0v) is 9.30. The van der Waals surface area contributed by atoms with E-state index in [2.05, 4.69) is 12.2 Å². The molecule has 1 aliphatic carbocycles. The molecule has 1 aliphatic heterocycles. The highest BCUT2D eigenvalue weighted by molar-refractivity contribution is 4.81. The van der Waals surface area contributed by atoms with Crippen LogP contribution in [0, 0.1) is 11.8 Å². The average molecular weight is 197 g/mol. The van der Waals surface area contributed by atoms with Gasteiger partial charge in [0.05, 0.1) is 6.61 Å². The summed E-state index contributed by atoms with van der Waals surface area (Å²) in [5.41, 5.74) is 0. The van der Waals surface area contributed by atoms with Gasteiger partial charge in [-0.25, -0.2) is 0 Å². The van der Waals surface area contributed by atoms with Gasteiger partial charge in [0.2, 0.25) is 0 Å². The quantitative estimate of drug-likeness (QED) is 0.746. The third-order valence-corrected chi connectivity index (χ3v) is 3.84. The molecule has 1 N–H and O–H groups in total. The summed E-state index contributed by atoms with van der Waals surface area (Å²) in [6.07, 6.45) is 6.87. The van der Waals surface area contributed by atoms with Gasteiger partial charge in [-0.1, -0.05) is 13.3 Å². The van der Waals surface area contributed by atoms with Gasteiger partial charge in [0.15, 0.2) is 0 Å². The molecule has 0 aromatic carbocycles. The number of hydrogen-bond donors (Lipinski definition) is 1. The molecule has 2 nitrogen and oxygen atoms in total. The van der Waals surface area contributed by atoms with Crippen LogP contribution < -0.4 is 5.32 Å². The minimum Gasteiger partial charge on any atom is -0.381 e. The number of rotatable bonds is 4. The molecule has 0 spiro atoms. The van der Waals surface area contributed by atoms with Crippen molar-refractivity contribution in [3.63, 3.8) is 0 Å². The lowest BCUT2D eigenvalue weighted by atomic mass is 10.1. The summed E-state index contributed by atoms with van der Waals surface area (Å²) < 4.78 is 5.37. The van der Waals surface area contributed by atoms with Crippen molar-refractivity contribution in [1.82, 2.24) is 5.32 Å². The van der Waals surface area contributed by atoms with Gasteiger partial charge >= 0.3 is 0 Å². The Balaban J connectivity index is 1.61. The minimum atomic E-state index is 0.788. The van der Waals surface area contributed by atoms with E-state index in [1.165, 1.54) is 38.6 Å². The molecule has 2 fully saturated rings. The fourth-order valence-electron chi connectivity index (χ4n) is 2.71. The van der Waals surface area contributed by atoms with E-state index < -0.39 is 0 Å². The molecule has 0 amide bonds. The first kappa shape index (κ1) is 10.4. The van der Waals surface area contributed by atoms with E-state index in [0.29, 0.717) is 0 Å². The van der Waals surface area contributed by atoms with Crippen molar-refractivity contribution in [1.29, 1.82) is 0 Å². The maximum atomic E-state index is 5.37. The van der Waals surface area contributed by atoms with Crippen molar-refractivity contribution in [3.8, 4) is 0 Å². The Morgan fingerprint density at radius 3 is 2.79 bits per heavy atom. The summed E-state index contributed by atoms with van der Waals surface area (Å²) in [5, 5.41) is 3.71. The molecular formula is C12H23NO. The fraction of sp³-hybridized carbons (Fsp3) is 1.00. The van der Waals surface area contributed by atoms with Crippen LogP contribution in [0.4, 0.5) is 0 Å². The van der Waals surface area contributed by atoms with Crippen LogP contribution in [0.2, 0.25) is 0 Å². The van der Waals surface area contributed by atoms with Crippen molar-refractivity contribution in [2.24, 2.45) is 11.8 Å². The molecule has 2 heteroatoms. The van der Waals surface area contributed by atoms with Crippen LogP contribution in [0.3, 0.4) is 0 Å². The molecule has 1 saturated heterocycles. The fourth-order valence-corrected chi connectivity index (χ4v) is 2.71. The van der Waals surface area contributed by atoms with E-state index in [0.717, 1.165) is 31.1 Å². The SMILES string of the molecule is CCC1CCC(NCC2CCOC2)C1. The Labute approximate surface area is 87.4 Å². The van der Waals surface area contributed by atoms with Crippen molar-refractivity contribution >= 4 is 0 Å². The molecular weight excluding hydrogens is 174 g/mol. The largest absolute Gasteiger partial charge is 0.381 e. The van der Waals surface area contributed by atoms with E-state index in [1.54, 1.807) is 0 Å². The van der Waals surface area contributed by atoms with Crippen molar-refractivity contribution in [2.75, 3.05) is 19.8 Å². The standard InChI is InChI=1S/C12H23NO/c1-2-10-3-4-12(7-10)13-8-11-5-6-14-9-11/h10-13H,2-9H2,1H3. The van der Waals surface area contributed by atoms with Crippen LogP contribution >= 0.6 is 0 Å². The topological polar surface area (TPSA) is 21.3 Å². The average Bonchev–Trinajstić information content (AvgIpc) is 2.86. The smallest absolute Gasteiger partial charge is 0.0507 e. The molecule has 0 aromatic rings. The second-order valence-electron chi connectivity index (χ2n) is 4.92. The first-order chi connectivity index (χ1) is 6.88. The first-order valence-electron chi connectivity index (χ1n) is 6.19. The Kier molecular flexibility index (Phi) is 3.82. The monoisotopic (exact) mass is 197 g/mol. The predicted molar refractivity (Wildman–Crippen MR) is 58.3 cm³/mol. The number of nitrogens with one attached hydrogen (secondary N) is 1. The predicted octanol–water partition coefficient (Wildman–Crippen LogP) is 2.19. The summed E-state index contributed by atoms with van der Waals surface area (Å²) in [6, 6.07) is 0.806. The Hall–Kier alpha value is -0.0800. The van der Waals surface area contributed by atoms with Crippen LogP contribution in [0.1, 0.15) is 39.0 Å². The number of hydrogen-bond acceptors (Lipinski definition) is 2. The molecule has 0 aromatic heterocycles. The van der Waals surface area contributed by atoms with Gasteiger partial charge in [0, 0.05) is 19.2 Å². The van der Waals surface area contributed by atoms with E-state index in [-0.39, 0.29) is 0 Å². The van der Waals surface area contributed by atoms with Crippen LogP contribution in [0.5, 0.6) is 0 Å². The lowest BCUT2D eigenvalue weighted by Gasteiger charge is -2.15. The second kappa shape index (κ2) is 5.13. The van der Waals surface area contributed by atoms with Crippen molar-refractivity contribution in [2.45, 2.75) is 45.1 Å². The van der Waals surface area contributed by atoms with Crippen molar-refractivity contribution in [3.05, 3.63) is 0 Å². The highest BCUT2D eigenvalue weighted by Crippen LogP contribution is 2.28. The molecule has 1 heterocycles. The third-order valence-electron chi connectivity index (χ3n) is 3.84. The maximum Gasteiger partial charge on any atom is 0.0507 e. The zero-order chi connectivity index (χ0) is 9.80. The van der Waals surface area contributed by atoms with E-state index in [1.807, 2.05) is 0 Å². The first-order valence-corrected chi connectivity index (χ1v) is 6.19. The lowest BCUT2D eigenvalue weighted by Crippen LogP contribution is -2.31. The second-order valence-corrected chi connectivity index (χ2v) is 4.92. The molecule has 0 radical (unpaired) electrons. The van der Waals surface area contributed by atoms with E-state index >= 15 is 0 Å². The van der Waals surface area contributed by atoms with Gasteiger partial charge in [-0.15, -0.1) is 0 Å². The molecule has 3 unspecified atom stereocenters. The van der Waals surface area contributed by atoms with Gasteiger partial charge in [-0.2, -0.15) is 0 Å². The molecule has 14 heavy (non-hydrogen) atoms. The van der Waals surface area contributed by atoms with Gasteiger partial charge in [0.25, 0.3) is 0 Å². The zero-order valence-electron chi connectivity index (χ0n) is 9.30. The maximum absolute atomic E-state index is 5.37. The van der Waals surface area contributed by atoms with E-state index in [9.17, 15) is 0 Å². The highest BCUT2D eigenvalue weighted by Gasteiger charge is 2.24. The van der Waals surface area contributed by atoms with E-state index in [4.69, 9.17) is 4.74 Å².